The van der Waals surface area contributed by atoms with Crippen LogP contribution in [0.25, 0.3) is 16.9 Å². The second kappa shape index (κ2) is 7.37. The number of hydrogen-bond acceptors (Lipinski definition) is 4. The van der Waals surface area contributed by atoms with Crippen molar-refractivity contribution in [1.29, 1.82) is 0 Å². The topological polar surface area (TPSA) is 63.4 Å². The Labute approximate surface area is 157 Å². The third-order valence-electron chi connectivity index (χ3n) is 4.48. The van der Waals surface area contributed by atoms with Crippen molar-refractivity contribution in [3.63, 3.8) is 0 Å². The van der Waals surface area contributed by atoms with Crippen LogP contribution in [0.15, 0.2) is 73.2 Å². The molecule has 1 amide bonds. The summed E-state index contributed by atoms with van der Waals surface area (Å²) >= 11 is 0. The molecule has 0 radical (unpaired) electrons. The minimum atomic E-state index is -0.0985. The van der Waals surface area contributed by atoms with Crippen LogP contribution in [0.2, 0.25) is 0 Å². The van der Waals surface area contributed by atoms with Crippen LogP contribution in [0.4, 0.5) is 0 Å². The van der Waals surface area contributed by atoms with Gasteiger partial charge in [-0.15, -0.1) is 0 Å². The van der Waals surface area contributed by atoms with E-state index in [2.05, 4.69) is 15.1 Å². The molecule has 0 N–H and O–H groups in total. The van der Waals surface area contributed by atoms with E-state index in [1.54, 1.807) is 35.1 Å². The quantitative estimate of drug-likeness (QED) is 0.551. The first-order chi connectivity index (χ1) is 13.2. The van der Waals surface area contributed by atoms with Crippen LogP contribution in [0.3, 0.4) is 0 Å². The van der Waals surface area contributed by atoms with E-state index in [0.29, 0.717) is 24.2 Å². The van der Waals surface area contributed by atoms with Crippen molar-refractivity contribution in [3.05, 3.63) is 84.4 Å². The Morgan fingerprint density at radius 1 is 1.00 bits per heavy atom. The van der Waals surface area contributed by atoms with Crippen LogP contribution in [0.5, 0.6) is 0 Å². The van der Waals surface area contributed by atoms with Crippen molar-refractivity contribution >= 4 is 11.6 Å². The lowest BCUT2D eigenvalue weighted by atomic mass is 10.1. The highest BCUT2D eigenvalue weighted by Gasteiger charge is 2.19. The van der Waals surface area contributed by atoms with Gasteiger partial charge in [-0.2, -0.15) is 5.10 Å². The zero-order chi connectivity index (χ0) is 18.6. The van der Waals surface area contributed by atoms with E-state index in [1.807, 2.05) is 54.6 Å². The van der Waals surface area contributed by atoms with Gasteiger partial charge in [0.25, 0.3) is 5.91 Å². The third-order valence-corrected chi connectivity index (χ3v) is 4.48. The first-order valence-corrected chi connectivity index (χ1v) is 8.77. The van der Waals surface area contributed by atoms with Crippen LogP contribution in [0, 0.1) is 0 Å². The molecule has 27 heavy (non-hydrogen) atoms. The molecule has 0 aliphatic heterocycles. The number of likely N-dealkylation sites (N-methyl/N-ethyl adjacent to an activating group) is 1. The number of hydrogen-bond donors (Lipinski definition) is 0. The predicted molar refractivity (Wildman–Crippen MR) is 103 cm³/mol. The van der Waals surface area contributed by atoms with Gasteiger partial charge in [0, 0.05) is 43.7 Å². The third kappa shape index (κ3) is 3.42. The highest BCUT2D eigenvalue weighted by Crippen LogP contribution is 2.21. The molecule has 0 aliphatic rings. The summed E-state index contributed by atoms with van der Waals surface area (Å²) in [5, 5.41) is 4.41. The van der Waals surface area contributed by atoms with Gasteiger partial charge in [0.15, 0.2) is 5.65 Å². The fraction of sp³-hybridized carbons (Fsp3) is 0.143. The molecule has 4 rings (SSSR count). The fourth-order valence-corrected chi connectivity index (χ4v) is 3.01. The Bertz CT molecular complexity index is 1060. The number of nitrogens with zero attached hydrogens (tertiary/aromatic N) is 5. The molecule has 0 saturated carbocycles. The van der Waals surface area contributed by atoms with Gasteiger partial charge in [-0.3, -0.25) is 9.78 Å². The summed E-state index contributed by atoms with van der Waals surface area (Å²) < 4.78 is 1.72. The van der Waals surface area contributed by atoms with Gasteiger partial charge in [0.2, 0.25) is 0 Å². The van der Waals surface area contributed by atoms with Crippen molar-refractivity contribution in [2.45, 2.75) is 6.42 Å². The summed E-state index contributed by atoms with van der Waals surface area (Å²) in [7, 11) is 1.79. The summed E-state index contributed by atoms with van der Waals surface area (Å²) in [5.74, 6) is -0.0985. The monoisotopic (exact) mass is 357 g/mol. The maximum Gasteiger partial charge on any atom is 0.259 e. The Kier molecular flexibility index (Phi) is 4.61. The van der Waals surface area contributed by atoms with Crippen LogP contribution in [0.1, 0.15) is 16.1 Å². The van der Waals surface area contributed by atoms with E-state index in [0.717, 1.165) is 17.0 Å². The Morgan fingerprint density at radius 3 is 2.59 bits per heavy atom. The Morgan fingerprint density at radius 2 is 1.81 bits per heavy atom. The van der Waals surface area contributed by atoms with Crippen molar-refractivity contribution in [2.75, 3.05) is 13.6 Å². The lowest BCUT2D eigenvalue weighted by molar-refractivity contribution is 0.0798. The molecular weight excluding hydrogens is 338 g/mol. The smallest absolute Gasteiger partial charge is 0.259 e. The SMILES string of the molecule is CN(CCc1ccccn1)C(=O)c1cnn2c(-c3ccccc3)ccnc12. The summed E-state index contributed by atoms with van der Waals surface area (Å²) in [4.78, 5) is 23.3. The molecule has 0 saturated heterocycles. The average molecular weight is 357 g/mol. The van der Waals surface area contributed by atoms with Gasteiger partial charge < -0.3 is 4.90 Å². The average Bonchev–Trinajstić information content (AvgIpc) is 3.17. The second-order valence-electron chi connectivity index (χ2n) is 6.29. The van der Waals surface area contributed by atoms with E-state index in [1.165, 1.54) is 0 Å². The molecule has 134 valence electrons. The van der Waals surface area contributed by atoms with Gasteiger partial charge in [-0.1, -0.05) is 36.4 Å². The van der Waals surface area contributed by atoms with Crippen molar-refractivity contribution in [3.8, 4) is 11.3 Å². The zero-order valence-electron chi connectivity index (χ0n) is 15.0. The first-order valence-electron chi connectivity index (χ1n) is 8.77. The molecule has 0 fully saturated rings. The molecule has 0 unspecified atom stereocenters. The molecule has 6 heteroatoms. The Balaban J connectivity index is 1.59. The van der Waals surface area contributed by atoms with Crippen LogP contribution < -0.4 is 0 Å². The van der Waals surface area contributed by atoms with Crippen LogP contribution in [-0.2, 0) is 6.42 Å². The van der Waals surface area contributed by atoms with E-state index in [9.17, 15) is 4.79 Å². The van der Waals surface area contributed by atoms with Crippen molar-refractivity contribution < 1.29 is 4.79 Å². The molecule has 1 aromatic carbocycles. The normalized spacial score (nSPS) is 10.9. The standard InChI is InChI=1S/C21H19N5O/c1-25(14-11-17-9-5-6-12-22-17)21(27)18-15-24-26-19(10-13-23-20(18)26)16-7-3-2-4-8-16/h2-10,12-13,15H,11,14H2,1H3. The number of fused-ring (bicyclic) bond motifs is 1. The van der Waals surface area contributed by atoms with Crippen LogP contribution in [-0.4, -0.2) is 44.0 Å². The van der Waals surface area contributed by atoms with Crippen LogP contribution >= 0.6 is 0 Å². The largest absolute Gasteiger partial charge is 0.341 e. The molecular formula is C21H19N5O. The maximum absolute atomic E-state index is 12.9. The van der Waals surface area contributed by atoms with Gasteiger partial charge in [-0.05, 0) is 18.2 Å². The number of amides is 1. The molecule has 6 nitrogen and oxygen atoms in total. The second-order valence-corrected chi connectivity index (χ2v) is 6.29. The molecule has 0 bridgehead atoms. The minimum Gasteiger partial charge on any atom is -0.341 e. The van der Waals surface area contributed by atoms with E-state index in [4.69, 9.17) is 0 Å². The number of pyridine rings is 1. The molecule has 3 aromatic heterocycles. The molecule has 0 atom stereocenters. The minimum absolute atomic E-state index is 0.0985. The Hall–Kier alpha value is -3.54. The van der Waals surface area contributed by atoms with E-state index < -0.39 is 0 Å². The number of carbonyl (C=O) groups excluding carboxylic acids is 1. The van der Waals surface area contributed by atoms with Crippen molar-refractivity contribution in [1.82, 2.24) is 24.5 Å². The molecule has 3 heterocycles. The first kappa shape index (κ1) is 16.9. The highest BCUT2D eigenvalue weighted by atomic mass is 16.2. The van der Waals surface area contributed by atoms with E-state index >= 15 is 0 Å². The van der Waals surface area contributed by atoms with Gasteiger partial charge in [-0.25, -0.2) is 9.50 Å². The van der Waals surface area contributed by atoms with Crippen molar-refractivity contribution in [2.24, 2.45) is 0 Å². The molecule has 0 aliphatic carbocycles. The van der Waals surface area contributed by atoms with Gasteiger partial charge >= 0.3 is 0 Å². The number of carbonyl (C=O) groups is 1. The number of benzene rings is 1. The lowest BCUT2D eigenvalue weighted by Crippen LogP contribution is -2.29. The summed E-state index contributed by atoms with van der Waals surface area (Å²) in [6, 6.07) is 17.6. The highest BCUT2D eigenvalue weighted by molar-refractivity contribution is 5.99. The fourth-order valence-electron chi connectivity index (χ4n) is 3.01. The number of rotatable bonds is 5. The summed E-state index contributed by atoms with van der Waals surface area (Å²) in [5.41, 5.74) is 3.94. The predicted octanol–water partition coefficient (Wildman–Crippen LogP) is 3.11. The molecule has 0 spiro atoms. The maximum atomic E-state index is 12.9. The summed E-state index contributed by atoms with van der Waals surface area (Å²) in [6.45, 7) is 0.575. The van der Waals surface area contributed by atoms with Gasteiger partial charge in [0.1, 0.15) is 5.56 Å². The summed E-state index contributed by atoms with van der Waals surface area (Å²) in [6.07, 6.45) is 5.76. The molecule has 4 aromatic rings. The van der Waals surface area contributed by atoms with Gasteiger partial charge in [0.05, 0.1) is 11.9 Å². The lowest BCUT2D eigenvalue weighted by Gasteiger charge is -2.16. The zero-order valence-corrected chi connectivity index (χ0v) is 15.0. The number of aromatic nitrogens is 4. The van der Waals surface area contributed by atoms with E-state index in [-0.39, 0.29) is 5.91 Å².